The molecule has 0 fully saturated rings. The maximum absolute atomic E-state index is 10.9. The first-order valence-corrected chi connectivity index (χ1v) is 8.19. The van der Waals surface area contributed by atoms with Gasteiger partial charge in [-0.05, 0) is 11.1 Å². The summed E-state index contributed by atoms with van der Waals surface area (Å²) in [6, 6.07) is 7.94. The number of rotatable bonds is 6. The zero-order valence-electron chi connectivity index (χ0n) is 11.1. The van der Waals surface area contributed by atoms with Gasteiger partial charge in [-0.25, -0.2) is 4.98 Å². The zero-order valence-corrected chi connectivity index (χ0v) is 12.8. The molecule has 0 unspecified atom stereocenters. The minimum absolute atomic E-state index is 0.0815. The van der Waals surface area contributed by atoms with Crippen molar-refractivity contribution in [3.63, 3.8) is 0 Å². The van der Waals surface area contributed by atoms with Crippen molar-refractivity contribution in [3.8, 4) is 0 Å². The Labute approximate surface area is 126 Å². The zero-order chi connectivity index (χ0) is 14.4. The lowest BCUT2D eigenvalue weighted by molar-refractivity contribution is -0.114. The minimum atomic E-state index is -0.0949. The Morgan fingerprint density at radius 2 is 2.00 bits per heavy atom. The number of hydrogen-bond acceptors (Lipinski definition) is 5. The number of amides is 1. The fourth-order valence-corrected chi connectivity index (χ4v) is 3.34. The Morgan fingerprint density at radius 3 is 2.65 bits per heavy atom. The van der Waals surface area contributed by atoms with Crippen LogP contribution in [0.3, 0.4) is 0 Å². The van der Waals surface area contributed by atoms with Crippen LogP contribution in [0.1, 0.15) is 23.7 Å². The number of carbonyl (C=O) groups is 1. The number of nitrogens with one attached hydrogen (secondary N) is 1. The summed E-state index contributed by atoms with van der Waals surface area (Å²) in [5, 5.41) is 14.3. The molecule has 0 spiro atoms. The Hall–Kier alpha value is -1.37. The topological polar surface area (TPSA) is 62.2 Å². The number of aliphatic hydroxyl groups is 1. The molecule has 2 aromatic rings. The third kappa shape index (κ3) is 4.63. The van der Waals surface area contributed by atoms with Gasteiger partial charge in [0.25, 0.3) is 0 Å². The molecule has 0 radical (unpaired) electrons. The summed E-state index contributed by atoms with van der Waals surface area (Å²) in [5.74, 6) is 1.62. The molecule has 0 atom stereocenters. The smallest absolute Gasteiger partial charge is 0.223 e. The van der Waals surface area contributed by atoms with Gasteiger partial charge in [0.2, 0.25) is 5.91 Å². The molecule has 1 aromatic carbocycles. The van der Waals surface area contributed by atoms with E-state index < -0.39 is 0 Å². The van der Waals surface area contributed by atoms with Gasteiger partial charge < -0.3 is 10.4 Å². The first-order valence-electron chi connectivity index (χ1n) is 6.16. The summed E-state index contributed by atoms with van der Waals surface area (Å²) in [4.78, 5) is 15.2. The van der Waals surface area contributed by atoms with Crippen molar-refractivity contribution in [1.29, 1.82) is 0 Å². The summed E-state index contributed by atoms with van der Waals surface area (Å²) in [6.45, 7) is 1.56. The van der Waals surface area contributed by atoms with E-state index >= 15 is 0 Å². The Kier molecular flexibility index (Phi) is 5.58. The maximum Gasteiger partial charge on any atom is 0.223 e. The molecule has 0 aliphatic rings. The second-order valence-electron chi connectivity index (χ2n) is 4.29. The van der Waals surface area contributed by atoms with Crippen molar-refractivity contribution in [3.05, 3.63) is 46.5 Å². The van der Waals surface area contributed by atoms with Crippen LogP contribution in [0.15, 0.2) is 29.6 Å². The van der Waals surface area contributed by atoms with E-state index in [1.165, 1.54) is 23.8 Å². The molecule has 0 saturated heterocycles. The van der Waals surface area contributed by atoms with E-state index in [0.29, 0.717) is 5.13 Å². The van der Waals surface area contributed by atoms with Gasteiger partial charge in [0.05, 0.1) is 12.3 Å². The van der Waals surface area contributed by atoms with Crippen molar-refractivity contribution in [1.82, 2.24) is 4.98 Å². The van der Waals surface area contributed by atoms with Crippen LogP contribution >= 0.6 is 23.1 Å². The van der Waals surface area contributed by atoms with E-state index in [1.807, 2.05) is 29.6 Å². The molecule has 2 N–H and O–H groups in total. The third-order valence-electron chi connectivity index (χ3n) is 2.56. The van der Waals surface area contributed by atoms with Crippen molar-refractivity contribution in [2.24, 2.45) is 0 Å². The molecule has 106 valence electrons. The number of benzene rings is 1. The largest absolute Gasteiger partial charge is 0.392 e. The molecular weight excluding hydrogens is 292 g/mol. The molecule has 6 heteroatoms. The van der Waals surface area contributed by atoms with Gasteiger partial charge in [-0.15, -0.1) is 11.3 Å². The third-order valence-corrected chi connectivity index (χ3v) is 4.40. The van der Waals surface area contributed by atoms with Gasteiger partial charge in [-0.1, -0.05) is 24.3 Å². The predicted molar refractivity (Wildman–Crippen MR) is 83.8 cm³/mol. The van der Waals surface area contributed by atoms with Crippen LogP contribution < -0.4 is 5.32 Å². The van der Waals surface area contributed by atoms with Crippen molar-refractivity contribution < 1.29 is 9.90 Å². The number of hydrogen-bond donors (Lipinski definition) is 2. The number of carbonyl (C=O) groups excluding carboxylic acids is 1. The average Bonchev–Trinajstić information content (AvgIpc) is 2.86. The van der Waals surface area contributed by atoms with Crippen LogP contribution in [-0.2, 0) is 22.9 Å². The van der Waals surface area contributed by atoms with Gasteiger partial charge in [0.15, 0.2) is 5.13 Å². The number of thioether (sulfide) groups is 1. The summed E-state index contributed by atoms with van der Waals surface area (Å²) in [7, 11) is 0. The lowest BCUT2D eigenvalue weighted by atomic mass is 10.2. The highest BCUT2D eigenvalue weighted by molar-refractivity contribution is 7.97. The fraction of sp³-hybridized carbons (Fsp3) is 0.286. The molecule has 1 amide bonds. The van der Waals surface area contributed by atoms with E-state index in [2.05, 4.69) is 10.3 Å². The van der Waals surface area contributed by atoms with Gasteiger partial charge in [0, 0.05) is 23.8 Å². The number of anilines is 1. The standard InChI is InChI=1S/C14H16N2O2S2/c1-10(18)15-14-16-13(9-20-14)8-19-7-12-4-2-11(6-17)3-5-12/h2-5,9,17H,6-8H2,1H3,(H,15,16,18). The van der Waals surface area contributed by atoms with Crippen LogP contribution in [0.2, 0.25) is 0 Å². The van der Waals surface area contributed by atoms with Crippen LogP contribution in [0.25, 0.3) is 0 Å². The van der Waals surface area contributed by atoms with Crippen molar-refractivity contribution in [2.75, 3.05) is 5.32 Å². The second-order valence-corrected chi connectivity index (χ2v) is 6.14. The molecule has 1 aromatic heterocycles. The van der Waals surface area contributed by atoms with Gasteiger partial charge >= 0.3 is 0 Å². The normalized spacial score (nSPS) is 10.5. The summed E-state index contributed by atoms with van der Waals surface area (Å²) in [5.41, 5.74) is 3.14. The van der Waals surface area contributed by atoms with E-state index in [-0.39, 0.29) is 12.5 Å². The summed E-state index contributed by atoms with van der Waals surface area (Å²) in [6.07, 6.45) is 0. The highest BCUT2D eigenvalue weighted by Crippen LogP contribution is 2.22. The van der Waals surface area contributed by atoms with Gasteiger partial charge in [-0.3, -0.25) is 4.79 Å². The molecule has 1 heterocycles. The number of nitrogens with zero attached hydrogens (tertiary/aromatic N) is 1. The predicted octanol–water partition coefficient (Wildman–Crippen LogP) is 3.03. The van der Waals surface area contributed by atoms with Crippen LogP contribution in [0, 0.1) is 0 Å². The van der Waals surface area contributed by atoms with E-state index in [1.54, 1.807) is 11.8 Å². The molecule has 0 aliphatic heterocycles. The quantitative estimate of drug-likeness (QED) is 0.861. The number of aromatic nitrogens is 1. The highest BCUT2D eigenvalue weighted by Gasteiger charge is 2.03. The number of aliphatic hydroxyl groups excluding tert-OH is 1. The van der Waals surface area contributed by atoms with Gasteiger partial charge in [-0.2, -0.15) is 11.8 Å². The van der Waals surface area contributed by atoms with E-state index in [9.17, 15) is 4.79 Å². The first kappa shape index (κ1) is 15.0. The minimum Gasteiger partial charge on any atom is -0.392 e. The van der Waals surface area contributed by atoms with Crippen molar-refractivity contribution >= 4 is 34.1 Å². The number of thiazole rings is 1. The molecular formula is C14H16N2O2S2. The van der Waals surface area contributed by atoms with Crippen LogP contribution in [0.5, 0.6) is 0 Å². The van der Waals surface area contributed by atoms with E-state index in [0.717, 1.165) is 22.8 Å². The molecule has 4 nitrogen and oxygen atoms in total. The van der Waals surface area contributed by atoms with Crippen LogP contribution in [0.4, 0.5) is 5.13 Å². The first-order chi connectivity index (χ1) is 9.67. The molecule has 20 heavy (non-hydrogen) atoms. The van der Waals surface area contributed by atoms with Crippen LogP contribution in [-0.4, -0.2) is 16.0 Å². The van der Waals surface area contributed by atoms with E-state index in [4.69, 9.17) is 5.11 Å². The van der Waals surface area contributed by atoms with Gasteiger partial charge in [0.1, 0.15) is 0 Å². The Balaban J connectivity index is 1.80. The molecule has 0 saturated carbocycles. The highest BCUT2D eigenvalue weighted by atomic mass is 32.2. The molecule has 0 aliphatic carbocycles. The molecule has 0 bridgehead atoms. The molecule has 2 rings (SSSR count). The van der Waals surface area contributed by atoms with Crippen molar-refractivity contribution in [2.45, 2.75) is 25.0 Å². The fourth-order valence-electron chi connectivity index (χ4n) is 1.60. The lowest BCUT2D eigenvalue weighted by Crippen LogP contribution is -2.05. The Bertz CT molecular complexity index is 567. The Morgan fingerprint density at radius 1 is 1.30 bits per heavy atom. The second kappa shape index (κ2) is 7.42. The average molecular weight is 308 g/mol. The SMILES string of the molecule is CC(=O)Nc1nc(CSCc2ccc(CO)cc2)cs1. The monoisotopic (exact) mass is 308 g/mol. The maximum atomic E-state index is 10.9. The summed E-state index contributed by atoms with van der Waals surface area (Å²) >= 11 is 3.22. The summed E-state index contributed by atoms with van der Waals surface area (Å²) < 4.78 is 0. The lowest BCUT2D eigenvalue weighted by Gasteiger charge is -2.02.